The van der Waals surface area contributed by atoms with Gasteiger partial charge in [-0.25, -0.2) is 0 Å². The second kappa shape index (κ2) is 6.12. The van der Waals surface area contributed by atoms with Gasteiger partial charge < -0.3 is 5.32 Å². The molecule has 0 spiro atoms. The summed E-state index contributed by atoms with van der Waals surface area (Å²) in [6.07, 6.45) is 0. The SMILES string of the molecule is O=S(=O)(O)c1cc(Nc2ccccc2)c2c(S(=O)(=O)O)cccc2c1. The third-order valence-electron chi connectivity index (χ3n) is 3.54. The molecule has 0 aliphatic rings. The molecule has 130 valence electrons. The molecule has 25 heavy (non-hydrogen) atoms. The molecular weight excluding hydrogens is 366 g/mol. The fraction of sp³-hybridized carbons (Fsp3) is 0. The van der Waals surface area contributed by atoms with Crippen LogP contribution >= 0.6 is 0 Å². The number of rotatable bonds is 4. The summed E-state index contributed by atoms with van der Waals surface area (Å²) >= 11 is 0. The molecule has 9 heteroatoms. The summed E-state index contributed by atoms with van der Waals surface area (Å²) in [5.41, 5.74) is 0.686. The van der Waals surface area contributed by atoms with E-state index in [-0.39, 0.29) is 21.4 Å². The quantitative estimate of drug-likeness (QED) is 0.596. The molecule has 0 aromatic heterocycles. The van der Waals surface area contributed by atoms with Crippen molar-refractivity contribution in [2.45, 2.75) is 9.79 Å². The minimum atomic E-state index is -4.54. The van der Waals surface area contributed by atoms with Crippen molar-refractivity contribution in [1.82, 2.24) is 0 Å². The zero-order valence-electron chi connectivity index (χ0n) is 12.6. The number of anilines is 2. The first-order valence-corrected chi connectivity index (χ1v) is 9.88. The van der Waals surface area contributed by atoms with Crippen LogP contribution in [0.25, 0.3) is 10.8 Å². The number of hydrogen-bond donors (Lipinski definition) is 3. The molecule has 0 aliphatic carbocycles. The van der Waals surface area contributed by atoms with Gasteiger partial charge in [0.05, 0.1) is 4.90 Å². The molecule has 0 atom stereocenters. The van der Waals surface area contributed by atoms with E-state index in [0.29, 0.717) is 5.69 Å². The van der Waals surface area contributed by atoms with Crippen molar-refractivity contribution in [3.63, 3.8) is 0 Å². The predicted octanol–water partition coefficient (Wildman–Crippen LogP) is 3.08. The van der Waals surface area contributed by atoms with Crippen LogP contribution in [0.3, 0.4) is 0 Å². The first-order chi connectivity index (χ1) is 11.7. The van der Waals surface area contributed by atoms with Gasteiger partial charge >= 0.3 is 0 Å². The number of hydrogen-bond acceptors (Lipinski definition) is 5. The van der Waals surface area contributed by atoms with Gasteiger partial charge in [0.2, 0.25) is 0 Å². The van der Waals surface area contributed by atoms with Crippen LogP contribution in [0.2, 0.25) is 0 Å². The van der Waals surface area contributed by atoms with Crippen LogP contribution in [-0.2, 0) is 20.2 Å². The zero-order chi connectivity index (χ0) is 18.2. The van der Waals surface area contributed by atoms with Gasteiger partial charge in [0.25, 0.3) is 20.2 Å². The highest BCUT2D eigenvalue weighted by Gasteiger charge is 2.20. The van der Waals surface area contributed by atoms with Crippen LogP contribution < -0.4 is 5.32 Å². The minimum absolute atomic E-state index is 0.112. The van der Waals surface area contributed by atoms with Crippen LogP contribution in [0.1, 0.15) is 0 Å². The standard InChI is InChI=1S/C16H13NO6S2/c18-24(19,20)13-9-11-5-4-8-15(25(21,22)23)16(11)14(10-13)17-12-6-2-1-3-7-12/h1-10,17H,(H,18,19,20)(H,21,22,23). The van der Waals surface area contributed by atoms with Gasteiger partial charge in [0.1, 0.15) is 4.90 Å². The maximum Gasteiger partial charge on any atom is 0.295 e. The van der Waals surface area contributed by atoms with E-state index in [0.717, 1.165) is 12.1 Å². The first-order valence-electron chi connectivity index (χ1n) is 7.00. The lowest BCUT2D eigenvalue weighted by molar-refractivity contribution is 0.482. The van der Waals surface area contributed by atoms with Crippen LogP contribution in [-0.4, -0.2) is 25.9 Å². The van der Waals surface area contributed by atoms with E-state index < -0.39 is 25.1 Å². The molecule has 0 radical (unpaired) electrons. The van der Waals surface area contributed by atoms with Crippen molar-refractivity contribution in [3.8, 4) is 0 Å². The second-order valence-electron chi connectivity index (χ2n) is 5.27. The number of para-hydroxylation sites is 1. The van der Waals surface area contributed by atoms with E-state index in [1.165, 1.54) is 18.2 Å². The van der Waals surface area contributed by atoms with E-state index in [1.54, 1.807) is 30.3 Å². The molecule has 0 aliphatic heterocycles. The predicted molar refractivity (Wildman–Crippen MR) is 93.3 cm³/mol. The Kier molecular flexibility index (Phi) is 4.25. The summed E-state index contributed by atoms with van der Waals surface area (Å²) in [4.78, 5) is -0.767. The van der Waals surface area contributed by atoms with Crippen LogP contribution in [0.4, 0.5) is 11.4 Å². The maximum atomic E-state index is 11.7. The molecule has 7 nitrogen and oxygen atoms in total. The highest BCUT2D eigenvalue weighted by atomic mass is 32.2. The number of benzene rings is 3. The van der Waals surface area contributed by atoms with Crippen molar-refractivity contribution >= 4 is 42.4 Å². The van der Waals surface area contributed by atoms with Gasteiger partial charge in [-0.05, 0) is 35.7 Å². The summed E-state index contributed by atoms with van der Waals surface area (Å²) in [5, 5.41) is 3.26. The molecule has 0 saturated heterocycles. The van der Waals surface area contributed by atoms with Crippen molar-refractivity contribution < 1.29 is 25.9 Å². The van der Waals surface area contributed by atoms with Crippen LogP contribution in [0, 0.1) is 0 Å². The monoisotopic (exact) mass is 379 g/mol. The Labute approximate surface area is 144 Å². The second-order valence-corrected chi connectivity index (χ2v) is 8.08. The van der Waals surface area contributed by atoms with E-state index in [2.05, 4.69) is 5.32 Å². The molecule has 0 heterocycles. The lowest BCUT2D eigenvalue weighted by Crippen LogP contribution is -2.04. The zero-order valence-corrected chi connectivity index (χ0v) is 14.3. The van der Waals surface area contributed by atoms with E-state index in [4.69, 9.17) is 0 Å². The topological polar surface area (TPSA) is 121 Å². The van der Waals surface area contributed by atoms with E-state index >= 15 is 0 Å². The highest BCUT2D eigenvalue weighted by Crippen LogP contribution is 2.34. The summed E-state index contributed by atoms with van der Waals surface area (Å²) < 4.78 is 65.3. The van der Waals surface area contributed by atoms with Crippen molar-refractivity contribution in [3.05, 3.63) is 60.7 Å². The van der Waals surface area contributed by atoms with Gasteiger partial charge in [0, 0.05) is 16.8 Å². The molecule has 3 N–H and O–H groups in total. The Hall–Kier alpha value is -2.46. The summed E-state index contributed by atoms with van der Waals surface area (Å²) in [7, 11) is -9.05. The fourth-order valence-corrected chi connectivity index (χ4v) is 3.78. The molecule has 0 unspecified atom stereocenters. The molecule has 3 rings (SSSR count). The Morgan fingerprint density at radius 3 is 2.04 bits per heavy atom. The smallest absolute Gasteiger partial charge is 0.295 e. The van der Waals surface area contributed by atoms with Gasteiger partial charge in [-0.3, -0.25) is 9.11 Å². The van der Waals surface area contributed by atoms with Gasteiger partial charge in [-0.2, -0.15) is 16.8 Å². The molecule has 0 bridgehead atoms. The Bertz CT molecular complexity index is 1160. The number of nitrogens with one attached hydrogen (secondary N) is 1. The third kappa shape index (κ3) is 3.64. The minimum Gasteiger partial charge on any atom is -0.355 e. The Morgan fingerprint density at radius 2 is 1.44 bits per heavy atom. The van der Waals surface area contributed by atoms with Crippen LogP contribution in [0.5, 0.6) is 0 Å². The molecule has 0 saturated carbocycles. The number of fused-ring (bicyclic) bond motifs is 1. The highest BCUT2D eigenvalue weighted by molar-refractivity contribution is 7.86. The van der Waals surface area contributed by atoms with Gasteiger partial charge in [-0.15, -0.1) is 0 Å². The van der Waals surface area contributed by atoms with Crippen molar-refractivity contribution in [1.29, 1.82) is 0 Å². The normalized spacial score (nSPS) is 12.2. The molecule has 0 amide bonds. The van der Waals surface area contributed by atoms with Gasteiger partial charge in [0.15, 0.2) is 0 Å². The van der Waals surface area contributed by atoms with E-state index in [1.807, 2.05) is 0 Å². The largest absolute Gasteiger partial charge is 0.355 e. The van der Waals surface area contributed by atoms with Gasteiger partial charge in [-0.1, -0.05) is 30.3 Å². The maximum absolute atomic E-state index is 11.7. The summed E-state index contributed by atoms with van der Waals surface area (Å²) in [6, 6.07) is 14.9. The van der Waals surface area contributed by atoms with Crippen molar-refractivity contribution in [2.24, 2.45) is 0 Å². The Balaban J connectivity index is 2.37. The molecule has 3 aromatic rings. The Morgan fingerprint density at radius 1 is 0.760 bits per heavy atom. The molecular formula is C16H13NO6S2. The average Bonchev–Trinajstić information content (AvgIpc) is 2.53. The molecule has 0 fully saturated rings. The third-order valence-corrected chi connectivity index (χ3v) is 5.27. The first kappa shape index (κ1) is 17.4. The lowest BCUT2D eigenvalue weighted by atomic mass is 10.1. The lowest BCUT2D eigenvalue weighted by Gasteiger charge is -2.14. The average molecular weight is 379 g/mol. The van der Waals surface area contributed by atoms with E-state index in [9.17, 15) is 25.9 Å². The van der Waals surface area contributed by atoms with Crippen LogP contribution in [0.15, 0.2) is 70.5 Å². The van der Waals surface area contributed by atoms with Crippen molar-refractivity contribution in [2.75, 3.05) is 5.32 Å². The molecule has 3 aromatic carbocycles. The summed E-state index contributed by atoms with van der Waals surface area (Å²) in [6.45, 7) is 0. The fourth-order valence-electron chi connectivity index (χ4n) is 2.51. The summed E-state index contributed by atoms with van der Waals surface area (Å²) in [5.74, 6) is 0.